The second-order valence-corrected chi connectivity index (χ2v) is 3.70. The van der Waals surface area contributed by atoms with Gasteiger partial charge in [-0.25, -0.2) is 14.4 Å². The Balaban J connectivity index is 2.14. The molecule has 1 atom stereocenters. The van der Waals surface area contributed by atoms with Gasteiger partial charge in [-0.1, -0.05) is 0 Å². The van der Waals surface area contributed by atoms with Crippen LogP contribution in [0, 0.1) is 6.92 Å². The van der Waals surface area contributed by atoms with Crippen LogP contribution in [0.15, 0.2) is 12.4 Å². The third-order valence-corrected chi connectivity index (χ3v) is 2.48. The fourth-order valence-electron chi connectivity index (χ4n) is 1.75. The van der Waals surface area contributed by atoms with Gasteiger partial charge in [-0.2, -0.15) is 0 Å². The number of rotatable bonds is 1. The van der Waals surface area contributed by atoms with E-state index in [-0.39, 0.29) is 0 Å². The zero-order valence-electron chi connectivity index (χ0n) is 8.28. The highest BCUT2D eigenvalue weighted by Gasteiger charge is 2.19. The molecule has 0 saturated carbocycles. The molecule has 1 fully saturated rings. The van der Waals surface area contributed by atoms with Gasteiger partial charge in [0.15, 0.2) is 0 Å². The number of nitrogens with zero attached hydrogens (tertiary/aromatic N) is 3. The lowest BCUT2D eigenvalue weighted by Gasteiger charge is -2.29. The average Bonchev–Trinajstić information content (AvgIpc) is 2.18. The maximum Gasteiger partial charge on any atom is 0.132 e. The lowest BCUT2D eigenvalue weighted by Crippen LogP contribution is -2.36. The predicted octanol–water partition coefficient (Wildman–Crippen LogP) is 1.72. The van der Waals surface area contributed by atoms with Gasteiger partial charge in [0, 0.05) is 18.3 Å². The molecule has 0 aliphatic carbocycles. The van der Waals surface area contributed by atoms with Crippen molar-refractivity contribution in [3.8, 4) is 0 Å². The summed E-state index contributed by atoms with van der Waals surface area (Å²) in [6, 6.07) is 1.90. The van der Waals surface area contributed by atoms with E-state index in [1.807, 2.05) is 17.9 Å². The summed E-state index contributed by atoms with van der Waals surface area (Å²) in [5.74, 6) is 0.847. The molecule has 76 valence electrons. The molecule has 0 amide bonds. The lowest BCUT2D eigenvalue weighted by atomic mass is 10.1. The van der Waals surface area contributed by atoms with Crippen LogP contribution in [0.5, 0.6) is 0 Å². The van der Waals surface area contributed by atoms with E-state index in [1.165, 1.54) is 6.33 Å². The Morgan fingerprint density at radius 3 is 3.07 bits per heavy atom. The maximum absolute atomic E-state index is 13.1. The maximum atomic E-state index is 13.1. The summed E-state index contributed by atoms with van der Waals surface area (Å²) in [4.78, 5) is 10.2. The van der Waals surface area contributed by atoms with Crippen LogP contribution in [0.3, 0.4) is 0 Å². The van der Waals surface area contributed by atoms with Crippen LogP contribution >= 0.6 is 0 Å². The minimum atomic E-state index is -0.709. The van der Waals surface area contributed by atoms with Crippen molar-refractivity contribution in [2.75, 3.05) is 18.0 Å². The number of anilines is 1. The van der Waals surface area contributed by atoms with Crippen LogP contribution in [-0.4, -0.2) is 29.2 Å². The van der Waals surface area contributed by atoms with Crippen molar-refractivity contribution in [3.05, 3.63) is 18.1 Å². The minimum Gasteiger partial charge on any atom is -0.354 e. The monoisotopic (exact) mass is 195 g/mol. The molecule has 0 N–H and O–H groups in total. The van der Waals surface area contributed by atoms with Gasteiger partial charge in [0.2, 0.25) is 0 Å². The number of piperidine rings is 1. The zero-order valence-corrected chi connectivity index (χ0v) is 8.28. The summed E-state index contributed by atoms with van der Waals surface area (Å²) >= 11 is 0. The molecule has 1 aliphatic heterocycles. The molecule has 0 spiro atoms. The summed E-state index contributed by atoms with van der Waals surface area (Å²) in [6.07, 6.45) is 2.41. The number of alkyl halides is 1. The van der Waals surface area contributed by atoms with Gasteiger partial charge in [0.1, 0.15) is 18.3 Å². The van der Waals surface area contributed by atoms with E-state index < -0.39 is 6.17 Å². The molecule has 1 aliphatic rings. The highest BCUT2D eigenvalue weighted by atomic mass is 19.1. The Morgan fingerprint density at radius 1 is 1.50 bits per heavy atom. The van der Waals surface area contributed by atoms with Crippen molar-refractivity contribution >= 4 is 5.82 Å². The first-order chi connectivity index (χ1) is 6.75. The molecule has 14 heavy (non-hydrogen) atoms. The Kier molecular flexibility index (Phi) is 2.61. The second kappa shape index (κ2) is 3.90. The van der Waals surface area contributed by atoms with Gasteiger partial charge in [-0.3, -0.25) is 0 Å². The largest absolute Gasteiger partial charge is 0.354 e. The topological polar surface area (TPSA) is 29.0 Å². The van der Waals surface area contributed by atoms with Crippen molar-refractivity contribution in [1.29, 1.82) is 0 Å². The second-order valence-electron chi connectivity index (χ2n) is 3.70. The van der Waals surface area contributed by atoms with E-state index in [1.54, 1.807) is 0 Å². The van der Waals surface area contributed by atoms with E-state index in [4.69, 9.17) is 0 Å². The van der Waals surface area contributed by atoms with Gasteiger partial charge >= 0.3 is 0 Å². The molecule has 0 bridgehead atoms. The van der Waals surface area contributed by atoms with Gasteiger partial charge in [0.05, 0.1) is 6.54 Å². The molecule has 2 rings (SSSR count). The standard InChI is InChI=1S/C10H14FN3/c1-8-5-10(13-7-12-8)14-4-2-3-9(11)6-14/h5,7,9H,2-4,6H2,1H3/t9-/m1/s1. The first-order valence-electron chi connectivity index (χ1n) is 4.93. The van der Waals surface area contributed by atoms with Gasteiger partial charge in [-0.05, 0) is 19.8 Å². The Labute approximate surface area is 83.0 Å². The van der Waals surface area contributed by atoms with Crippen LogP contribution in [0.4, 0.5) is 10.2 Å². The van der Waals surface area contributed by atoms with Gasteiger partial charge in [0.25, 0.3) is 0 Å². The van der Waals surface area contributed by atoms with Gasteiger partial charge in [-0.15, -0.1) is 0 Å². The fraction of sp³-hybridized carbons (Fsp3) is 0.600. The van der Waals surface area contributed by atoms with Crippen molar-refractivity contribution in [2.45, 2.75) is 25.9 Å². The molecule has 3 nitrogen and oxygen atoms in total. The van der Waals surface area contributed by atoms with E-state index in [9.17, 15) is 4.39 Å². The third-order valence-electron chi connectivity index (χ3n) is 2.48. The number of aromatic nitrogens is 2. The summed E-state index contributed by atoms with van der Waals surface area (Å²) in [7, 11) is 0. The first-order valence-corrected chi connectivity index (χ1v) is 4.93. The normalized spacial score (nSPS) is 22.4. The van der Waals surface area contributed by atoms with Crippen molar-refractivity contribution < 1.29 is 4.39 Å². The average molecular weight is 195 g/mol. The summed E-state index contributed by atoms with van der Waals surface area (Å²) in [5, 5.41) is 0. The van der Waals surface area contributed by atoms with Crippen LogP contribution in [0.1, 0.15) is 18.5 Å². The SMILES string of the molecule is Cc1cc(N2CCC[C@@H](F)C2)ncn1. The Bertz CT molecular complexity index is 316. The highest BCUT2D eigenvalue weighted by Crippen LogP contribution is 2.19. The molecule has 2 heterocycles. The van der Waals surface area contributed by atoms with Crippen molar-refractivity contribution in [3.63, 3.8) is 0 Å². The number of aryl methyl sites for hydroxylation is 1. The number of hydrogen-bond donors (Lipinski definition) is 0. The van der Waals surface area contributed by atoms with Crippen LogP contribution in [0.25, 0.3) is 0 Å². The Morgan fingerprint density at radius 2 is 2.36 bits per heavy atom. The molecule has 0 unspecified atom stereocenters. The van der Waals surface area contributed by atoms with E-state index in [0.29, 0.717) is 13.0 Å². The minimum absolute atomic E-state index is 0.469. The number of hydrogen-bond acceptors (Lipinski definition) is 3. The Hall–Kier alpha value is -1.19. The molecular weight excluding hydrogens is 181 g/mol. The summed E-state index contributed by atoms with van der Waals surface area (Å²) in [5.41, 5.74) is 0.927. The molecule has 1 aromatic rings. The first kappa shape index (κ1) is 9.37. The third kappa shape index (κ3) is 2.00. The van der Waals surface area contributed by atoms with Crippen LogP contribution < -0.4 is 4.90 Å². The van der Waals surface area contributed by atoms with Crippen molar-refractivity contribution in [1.82, 2.24) is 9.97 Å². The lowest BCUT2D eigenvalue weighted by molar-refractivity contribution is 0.286. The quantitative estimate of drug-likeness (QED) is 0.683. The van der Waals surface area contributed by atoms with E-state index in [0.717, 1.165) is 24.5 Å². The highest BCUT2D eigenvalue weighted by molar-refractivity contribution is 5.39. The summed E-state index contributed by atoms with van der Waals surface area (Å²) in [6.45, 7) is 3.29. The summed E-state index contributed by atoms with van der Waals surface area (Å²) < 4.78 is 13.1. The smallest absolute Gasteiger partial charge is 0.132 e. The molecule has 1 aromatic heterocycles. The fourth-order valence-corrected chi connectivity index (χ4v) is 1.75. The zero-order chi connectivity index (χ0) is 9.97. The molecule has 0 aromatic carbocycles. The number of halogens is 1. The predicted molar refractivity (Wildman–Crippen MR) is 53.1 cm³/mol. The molecule has 4 heteroatoms. The molecule has 1 saturated heterocycles. The van der Waals surface area contributed by atoms with Crippen molar-refractivity contribution in [2.24, 2.45) is 0 Å². The van der Waals surface area contributed by atoms with Crippen LogP contribution in [-0.2, 0) is 0 Å². The molecule has 0 radical (unpaired) electrons. The van der Waals surface area contributed by atoms with Gasteiger partial charge < -0.3 is 4.90 Å². The van der Waals surface area contributed by atoms with Crippen LogP contribution in [0.2, 0.25) is 0 Å². The van der Waals surface area contributed by atoms with E-state index >= 15 is 0 Å². The van der Waals surface area contributed by atoms with E-state index in [2.05, 4.69) is 9.97 Å². The molecular formula is C10H14FN3.